The Kier molecular flexibility index (Phi) is 3.85. The third-order valence-corrected chi connectivity index (χ3v) is 3.94. The zero-order valence-electron chi connectivity index (χ0n) is 10.4. The molecule has 1 aromatic carbocycles. The predicted molar refractivity (Wildman–Crippen MR) is 73.9 cm³/mol. The van der Waals surface area contributed by atoms with Crippen molar-refractivity contribution in [2.24, 2.45) is 5.73 Å². The van der Waals surface area contributed by atoms with Crippen molar-refractivity contribution in [3.8, 4) is 0 Å². The van der Waals surface area contributed by atoms with Crippen molar-refractivity contribution in [3.05, 3.63) is 33.3 Å². The van der Waals surface area contributed by atoms with Gasteiger partial charge in [0, 0.05) is 16.6 Å². The molecule has 1 aliphatic heterocycles. The van der Waals surface area contributed by atoms with E-state index in [0.717, 1.165) is 17.5 Å². The second kappa shape index (κ2) is 5.08. The molecule has 0 fully saturated rings. The number of hydrogen-bond donors (Lipinski definition) is 1. The summed E-state index contributed by atoms with van der Waals surface area (Å²) in [4.78, 5) is 13.8. The van der Waals surface area contributed by atoms with Crippen molar-refractivity contribution in [2.45, 2.75) is 32.4 Å². The minimum atomic E-state index is -0.483. The van der Waals surface area contributed by atoms with Gasteiger partial charge in [0.05, 0.1) is 12.1 Å². The molecule has 1 unspecified atom stereocenters. The Labute approximate surface area is 117 Å². The first-order valence-electron chi connectivity index (χ1n) is 5.95. The maximum absolute atomic E-state index is 12.0. The van der Waals surface area contributed by atoms with Gasteiger partial charge in [-0.3, -0.25) is 4.79 Å². The van der Waals surface area contributed by atoms with Crippen LogP contribution in [0, 0.1) is 0 Å². The highest BCUT2D eigenvalue weighted by atomic mass is 35.5. The molecule has 3 nitrogen and oxygen atoms in total. The van der Waals surface area contributed by atoms with E-state index in [9.17, 15) is 4.79 Å². The third-order valence-electron chi connectivity index (χ3n) is 3.39. The summed E-state index contributed by atoms with van der Waals surface area (Å²) < 4.78 is 0. The summed E-state index contributed by atoms with van der Waals surface area (Å²) >= 11 is 12.2. The molecule has 2 N–H and O–H groups in total. The van der Waals surface area contributed by atoms with E-state index in [1.807, 2.05) is 13.0 Å². The molecule has 0 aromatic heterocycles. The molecule has 0 spiro atoms. The van der Waals surface area contributed by atoms with E-state index in [1.165, 1.54) is 0 Å². The molecule has 1 aromatic rings. The summed E-state index contributed by atoms with van der Waals surface area (Å²) in [6.07, 6.45) is 0.744. The van der Waals surface area contributed by atoms with Crippen LogP contribution in [-0.4, -0.2) is 23.4 Å². The Morgan fingerprint density at radius 3 is 2.78 bits per heavy atom. The Morgan fingerprint density at radius 1 is 1.50 bits per heavy atom. The molecule has 0 radical (unpaired) electrons. The molecule has 0 saturated carbocycles. The van der Waals surface area contributed by atoms with Crippen molar-refractivity contribution in [1.82, 2.24) is 4.90 Å². The average molecular weight is 287 g/mol. The average Bonchev–Trinajstić information content (AvgIpc) is 2.29. The number of rotatable bonds is 1. The molecule has 0 bridgehead atoms. The zero-order chi connectivity index (χ0) is 13.4. The molecule has 0 saturated heterocycles. The van der Waals surface area contributed by atoms with Crippen LogP contribution in [0.15, 0.2) is 12.1 Å². The van der Waals surface area contributed by atoms with Crippen LogP contribution in [0.4, 0.5) is 0 Å². The largest absolute Gasteiger partial charge is 0.334 e. The smallest absolute Gasteiger partial charge is 0.239 e. The quantitative estimate of drug-likeness (QED) is 0.863. The lowest BCUT2D eigenvalue weighted by atomic mass is 9.93. The number of hydrogen-bond acceptors (Lipinski definition) is 2. The van der Waals surface area contributed by atoms with Gasteiger partial charge in [0.2, 0.25) is 5.91 Å². The Balaban J connectivity index is 2.39. The SMILES string of the molecule is CC1c2cc(Cl)cc(Cl)c2CCN1C(=O)[C@@H](C)N. The van der Waals surface area contributed by atoms with Crippen LogP contribution in [0.3, 0.4) is 0 Å². The van der Waals surface area contributed by atoms with Gasteiger partial charge in [-0.15, -0.1) is 0 Å². The number of nitrogens with zero attached hydrogens (tertiary/aromatic N) is 1. The fourth-order valence-electron chi connectivity index (χ4n) is 2.42. The van der Waals surface area contributed by atoms with Crippen LogP contribution in [0.5, 0.6) is 0 Å². The fraction of sp³-hybridized carbons (Fsp3) is 0.462. The van der Waals surface area contributed by atoms with Crippen LogP contribution < -0.4 is 5.73 Å². The van der Waals surface area contributed by atoms with Crippen LogP contribution in [-0.2, 0) is 11.2 Å². The second-order valence-corrected chi connectivity index (χ2v) is 5.55. The van der Waals surface area contributed by atoms with Crippen molar-refractivity contribution in [1.29, 1.82) is 0 Å². The number of halogens is 2. The Bertz CT molecular complexity index is 488. The molecule has 1 aliphatic rings. The van der Waals surface area contributed by atoms with Crippen LogP contribution in [0.2, 0.25) is 10.0 Å². The monoisotopic (exact) mass is 286 g/mol. The standard InChI is InChI=1S/C13H16Cl2N2O/c1-7(16)13(18)17-4-3-10-11(8(17)2)5-9(14)6-12(10)15/h5-8H,3-4,16H2,1-2H3/t7-,8?/m1/s1. The molecular formula is C13H16Cl2N2O. The van der Waals surface area contributed by atoms with Crippen LogP contribution in [0.25, 0.3) is 0 Å². The Morgan fingerprint density at radius 2 is 2.17 bits per heavy atom. The van der Waals surface area contributed by atoms with E-state index < -0.39 is 6.04 Å². The van der Waals surface area contributed by atoms with Crippen LogP contribution in [0.1, 0.15) is 31.0 Å². The molecule has 5 heteroatoms. The zero-order valence-corrected chi connectivity index (χ0v) is 11.9. The number of amides is 1. The minimum absolute atomic E-state index is 0.0377. The number of carbonyl (C=O) groups excluding carboxylic acids is 1. The summed E-state index contributed by atoms with van der Waals surface area (Å²) in [6.45, 7) is 4.33. The van der Waals surface area contributed by atoms with Gasteiger partial charge in [0.1, 0.15) is 0 Å². The minimum Gasteiger partial charge on any atom is -0.334 e. The molecule has 0 aliphatic carbocycles. The first-order valence-corrected chi connectivity index (χ1v) is 6.71. The maximum Gasteiger partial charge on any atom is 0.239 e. The first-order chi connectivity index (χ1) is 8.41. The van der Waals surface area contributed by atoms with E-state index in [0.29, 0.717) is 16.6 Å². The lowest BCUT2D eigenvalue weighted by Gasteiger charge is -2.36. The normalized spacial score (nSPS) is 20.5. The summed E-state index contributed by atoms with van der Waals surface area (Å²) in [5, 5.41) is 1.28. The lowest BCUT2D eigenvalue weighted by Crippen LogP contribution is -2.46. The van der Waals surface area contributed by atoms with Gasteiger partial charge >= 0.3 is 0 Å². The van der Waals surface area contributed by atoms with E-state index in [4.69, 9.17) is 28.9 Å². The van der Waals surface area contributed by atoms with Gasteiger partial charge in [-0.25, -0.2) is 0 Å². The highest BCUT2D eigenvalue weighted by Gasteiger charge is 2.30. The number of fused-ring (bicyclic) bond motifs is 1. The summed E-state index contributed by atoms with van der Waals surface area (Å²) in [6, 6.07) is 3.11. The first kappa shape index (κ1) is 13.7. The molecule has 1 amide bonds. The maximum atomic E-state index is 12.0. The molecule has 1 heterocycles. The number of carbonyl (C=O) groups is 1. The van der Waals surface area contributed by atoms with Gasteiger partial charge < -0.3 is 10.6 Å². The Hall–Kier alpha value is -0.770. The fourth-order valence-corrected chi connectivity index (χ4v) is 3.02. The second-order valence-electron chi connectivity index (χ2n) is 4.70. The van der Waals surface area contributed by atoms with E-state index in [2.05, 4.69) is 0 Å². The molecule has 2 rings (SSSR count). The lowest BCUT2D eigenvalue weighted by molar-refractivity contribution is -0.134. The molecule has 2 atom stereocenters. The number of nitrogens with two attached hydrogens (primary N) is 1. The van der Waals surface area contributed by atoms with E-state index in [-0.39, 0.29) is 11.9 Å². The molecular weight excluding hydrogens is 271 g/mol. The predicted octanol–water partition coefficient (Wildman–Crippen LogP) is 2.79. The van der Waals surface area contributed by atoms with Gasteiger partial charge in [0.15, 0.2) is 0 Å². The van der Waals surface area contributed by atoms with Crippen LogP contribution >= 0.6 is 23.2 Å². The summed E-state index contributed by atoms with van der Waals surface area (Å²) in [7, 11) is 0. The van der Waals surface area contributed by atoms with Gasteiger partial charge in [-0.1, -0.05) is 23.2 Å². The van der Waals surface area contributed by atoms with Crippen molar-refractivity contribution >= 4 is 29.1 Å². The van der Waals surface area contributed by atoms with Gasteiger partial charge in [0.25, 0.3) is 0 Å². The van der Waals surface area contributed by atoms with E-state index >= 15 is 0 Å². The number of benzene rings is 1. The highest BCUT2D eigenvalue weighted by Crippen LogP contribution is 2.36. The summed E-state index contributed by atoms with van der Waals surface area (Å²) in [5.74, 6) is -0.0377. The van der Waals surface area contributed by atoms with Crippen molar-refractivity contribution in [2.75, 3.05) is 6.54 Å². The van der Waals surface area contributed by atoms with Crippen molar-refractivity contribution in [3.63, 3.8) is 0 Å². The van der Waals surface area contributed by atoms with Crippen molar-refractivity contribution < 1.29 is 4.79 Å². The highest BCUT2D eigenvalue weighted by molar-refractivity contribution is 6.35. The van der Waals surface area contributed by atoms with Gasteiger partial charge in [-0.2, -0.15) is 0 Å². The molecule has 18 heavy (non-hydrogen) atoms. The third kappa shape index (κ3) is 2.35. The molecule has 98 valence electrons. The van der Waals surface area contributed by atoms with Gasteiger partial charge in [-0.05, 0) is 43.5 Å². The summed E-state index contributed by atoms with van der Waals surface area (Å²) in [5.41, 5.74) is 7.77. The topological polar surface area (TPSA) is 46.3 Å². The van der Waals surface area contributed by atoms with E-state index in [1.54, 1.807) is 17.9 Å².